The number of nitrogen functional groups attached to an aromatic ring is 1. The Morgan fingerprint density at radius 2 is 1.76 bits per heavy atom. The molecule has 0 saturated heterocycles. The van der Waals surface area contributed by atoms with Crippen LogP contribution in [0.1, 0.15) is 29.4 Å². The molecule has 0 aliphatic rings. The van der Waals surface area contributed by atoms with E-state index in [-0.39, 0.29) is 17.4 Å². The van der Waals surface area contributed by atoms with Gasteiger partial charge in [0, 0.05) is 22.6 Å². The molecule has 2 aromatic carbocycles. The van der Waals surface area contributed by atoms with Crippen LogP contribution in [0.5, 0.6) is 0 Å². The summed E-state index contributed by atoms with van der Waals surface area (Å²) >= 11 is 1.23. The second-order valence-corrected chi connectivity index (χ2v) is 7.19. The molecule has 4 N–H and O–H groups in total. The van der Waals surface area contributed by atoms with Crippen LogP contribution in [0.2, 0.25) is 0 Å². The Balaban J connectivity index is 1.72. The zero-order valence-electron chi connectivity index (χ0n) is 16.1. The maximum Gasteiger partial charge on any atom is 0.278 e. The first-order valence-corrected chi connectivity index (χ1v) is 9.84. The number of aromatic nitrogens is 2. The number of rotatable bonds is 6. The molecule has 0 spiro atoms. The molecule has 0 aliphatic heterocycles. The molecular weight excluding hydrogens is 386 g/mol. The molecule has 0 fully saturated rings. The molecule has 29 heavy (non-hydrogen) atoms. The molecule has 0 radical (unpaired) electrons. The van der Waals surface area contributed by atoms with Crippen LogP contribution < -0.4 is 15.8 Å². The fourth-order valence-corrected chi connectivity index (χ4v) is 3.06. The summed E-state index contributed by atoms with van der Waals surface area (Å²) in [4.78, 5) is 33.3. The van der Waals surface area contributed by atoms with Gasteiger partial charge < -0.3 is 11.1 Å². The van der Waals surface area contributed by atoms with Crippen LogP contribution >= 0.6 is 11.9 Å². The number of anilines is 2. The SMILES string of the molecule is CCC(=O)NSc1ccc(NC(=O)c2nc(-c3ccc(C)cc3)cnc2N)cc1. The molecule has 1 aromatic heterocycles. The molecule has 0 bridgehead atoms. The molecule has 0 saturated carbocycles. The van der Waals surface area contributed by atoms with Gasteiger partial charge in [-0.05, 0) is 43.1 Å². The van der Waals surface area contributed by atoms with Crippen LogP contribution in [0.3, 0.4) is 0 Å². The van der Waals surface area contributed by atoms with Crippen LogP contribution in [0.25, 0.3) is 11.3 Å². The first-order chi connectivity index (χ1) is 14.0. The van der Waals surface area contributed by atoms with E-state index < -0.39 is 5.91 Å². The van der Waals surface area contributed by atoms with Gasteiger partial charge in [0.05, 0.1) is 11.9 Å². The number of carbonyl (C=O) groups excluding carboxylic acids is 2. The summed E-state index contributed by atoms with van der Waals surface area (Å²) in [6.07, 6.45) is 1.97. The summed E-state index contributed by atoms with van der Waals surface area (Å²) < 4.78 is 2.72. The van der Waals surface area contributed by atoms with E-state index >= 15 is 0 Å². The van der Waals surface area contributed by atoms with Crippen molar-refractivity contribution < 1.29 is 9.59 Å². The van der Waals surface area contributed by atoms with Crippen LogP contribution in [0, 0.1) is 6.92 Å². The molecule has 7 nitrogen and oxygen atoms in total. The molecule has 1 heterocycles. The third-order valence-corrected chi connectivity index (χ3v) is 4.92. The monoisotopic (exact) mass is 407 g/mol. The van der Waals surface area contributed by atoms with Crippen molar-refractivity contribution in [2.75, 3.05) is 11.1 Å². The van der Waals surface area contributed by atoms with E-state index in [0.29, 0.717) is 17.8 Å². The topological polar surface area (TPSA) is 110 Å². The van der Waals surface area contributed by atoms with Gasteiger partial charge in [0.25, 0.3) is 5.91 Å². The van der Waals surface area contributed by atoms with Crippen molar-refractivity contribution in [2.24, 2.45) is 0 Å². The smallest absolute Gasteiger partial charge is 0.278 e. The number of carbonyl (C=O) groups is 2. The molecule has 3 rings (SSSR count). The van der Waals surface area contributed by atoms with E-state index in [0.717, 1.165) is 16.0 Å². The molecule has 0 aliphatic carbocycles. The quantitative estimate of drug-likeness (QED) is 0.536. The third-order valence-electron chi connectivity index (χ3n) is 4.08. The number of hydrogen-bond acceptors (Lipinski definition) is 6. The van der Waals surface area contributed by atoms with Gasteiger partial charge in [0.15, 0.2) is 11.5 Å². The number of aryl methyl sites for hydroxylation is 1. The van der Waals surface area contributed by atoms with Gasteiger partial charge in [0.2, 0.25) is 5.91 Å². The van der Waals surface area contributed by atoms with E-state index in [4.69, 9.17) is 5.73 Å². The highest BCUT2D eigenvalue weighted by Gasteiger charge is 2.15. The average molecular weight is 407 g/mol. The van der Waals surface area contributed by atoms with E-state index in [1.54, 1.807) is 37.4 Å². The Morgan fingerprint density at radius 3 is 2.41 bits per heavy atom. The van der Waals surface area contributed by atoms with Crippen LogP contribution in [-0.4, -0.2) is 21.8 Å². The average Bonchev–Trinajstić information content (AvgIpc) is 2.74. The maximum absolute atomic E-state index is 12.7. The Morgan fingerprint density at radius 1 is 1.07 bits per heavy atom. The molecule has 3 aromatic rings. The van der Waals surface area contributed by atoms with Crippen molar-refractivity contribution in [3.8, 4) is 11.3 Å². The predicted octanol–water partition coefficient (Wildman–Crippen LogP) is 3.82. The predicted molar refractivity (Wildman–Crippen MR) is 115 cm³/mol. The second kappa shape index (κ2) is 9.20. The van der Waals surface area contributed by atoms with Crippen molar-refractivity contribution in [1.29, 1.82) is 0 Å². The summed E-state index contributed by atoms with van der Waals surface area (Å²) in [6.45, 7) is 3.79. The van der Waals surface area contributed by atoms with E-state index in [2.05, 4.69) is 20.0 Å². The molecule has 2 amide bonds. The Bertz CT molecular complexity index is 1020. The Labute approximate surface area is 173 Å². The highest BCUT2D eigenvalue weighted by atomic mass is 32.2. The van der Waals surface area contributed by atoms with Gasteiger partial charge in [-0.3, -0.25) is 14.3 Å². The maximum atomic E-state index is 12.7. The van der Waals surface area contributed by atoms with Crippen LogP contribution in [-0.2, 0) is 4.79 Å². The van der Waals surface area contributed by atoms with Crippen molar-refractivity contribution in [3.63, 3.8) is 0 Å². The second-order valence-electron chi connectivity index (χ2n) is 6.31. The standard InChI is InChI=1S/C21H21N5O2S/c1-3-18(27)26-29-16-10-8-15(9-11-16)24-21(28)19-20(22)23-12-17(25-19)14-6-4-13(2)5-7-14/h4-12H,3H2,1-2H3,(H2,22,23)(H,24,28)(H,26,27). The first kappa shape index (κ1) is 20.3. The highest BCUT2D eigenvalue weighted by molar-refractivity contribution is 7.98. The van der Waals surface area contributed by atoms with E-state index in [1.165, 1.54) is 11.9 Å². The Kier molecular flexibility index (Phi) is 6.46. The van der Waals surface area contributed by atoms with Crippen molar-refractivity contribution in [1.82, 2.24) is 14.7 Å². The van der Waals surface area contributed by atoms with Gasteiger partial charge in [0.1, 0.15) is 0 Å². The molecule has 0 atom stereocenters. The summed E-state index contributed by atoms with van der Waals surface area (Å²) in [7, 11) is 0. The van der Waals surface area contributed by atoms with Crippen LogP contribution in [0.15, 0.2) is 59.6 Å². The molecule has 8 heteroatoms. The lowest BCUT2D eigenvalue weighted by Gasteiger charge is -2.09. The van der Waals surface area contributed by atoms with E-state index in [9.17, 15) is 9.59 Å². The lowest BCUT2D eigenvalue weighted by molar-refractivity contribution is -0.118. The van der Waals surface area contributed by atoms with Gasteiger partial charge in [-0.15, -0.1) is 0 Å². The number of amides is 2. The lowest BCUT2D eigenvalue weighted by atomic mass is 10.1. The summed E-state index contributed by atoms with van der Waals surface area (Å²) in [5, 5.41) is 2.77. The fraction of sp³-hybridized carbons (Fsp3) is 0.143. The summed E-state index contributed by atoms with van der Waals surface area (Å²) in [5.74, 6) is -0.425. The zero-order valence-corrected chi connectivity index (χ0v) is 16.9. The number of benzene rings is 2. The van der Waals surface area contributed by atoms with Gasteiger partial charge in [-0.2, -0.15) is 0 Å². The van der Waals surface area contributed by atoms with Crippen molar-refractivity contribution >= 4 is 35.3 Å². The highest BCUT2D eigenvalue weighted by Crippen LogP contribution is 2.21. The van der Waals surface area contributed by atoms with Crippen molar-refractivity contribution in [2.45, 2.75) is 25.2 Å². The van der Waals surface area contributed by atoms with Gasteiger partial charge >= 0.3 is 0 Å². The zero-order chi connectivity index (χ0) is 20.8. The summed E-state index contributed by atoms with van der Waals surface area (Å²) in [6, 6.07) is 14.9. The van der Waals surface area contributed by atoms with Gasteiger partial charge in [-0.25, -0.2) is 9.97 Å². The minimum absolute atomic E-state index is 0.0464. The van der Waals surface area contributed by atoms with Crippen LogP contribution in [0.4, 0.5) is 11.5 Å². The molecular formula is C21H21N5O2S. The largest absolute Gasteiger partial charge is 0.382 e. The number of nitrogens with one attached hydrogen (secondary N) is 2. The minimum atomic E-state index is -0.441. The van der Waals surface area contributed by atoms with Gasteiger partial charge in [-0.1, -0.05) is 36.8 Å². The first-order valence-electron chi connectivity index (χ1n) is 9.03. The number of nitrogens with zero attached hydrogens (tertiary/aromatic N) is 2. The van der Waals surface area contributed by atoms with Crippen molar-refractivity contribution in [3.05, 3.63) is 66.0 Å². The number of nitrogens with two attached hydrogens (primary N) is 1. The third kappa shape index (κ3) is 5.32. The number of hydrogen-bond donors (Lipinski definition) is 3. The fourth-order valence-electron chi connectivity index (χ4n) is 2.41. The normalized spacial score (nSPS) is 10.4. The summed E-state index contributed by atoms with van der Waals surface area (Å²) in [5.41, 5.74) is 9.08. The lowest BCUT2D eigenvalue weighted by Crippen LogP contribution is -2.17. The van der Waals surface area contributed by atoms with E-state index in [1.807, 2.05) is 31.2 Å². The molecule has 0 unspecified atom stereocenters. The minimum Gasteiger partial charge on any atom is -0.382 e. The Hall–Kier alpha value is -3.39. The molecule has 148 valence electrons.